The zero-order chi connectivity index (χ0) is 15.5. The zero-order valence-electron chi connectivity index (χ0n) is 12.9. The van der Waals surface area contributed by atoms with Crippen LogP contribution in [0.5, 0.6) is 0 Å². The van der Waals surface area contributed by atoms with Gasteiger partial charge in [0.05, 0.1) is 6.54 Å². The largest absolute Gasteiger partial charge is 0.350 e. The van der Waals surface area contributed by atoms with E-state index in [1.165, 1.54) is 6.07 Å². The van der Waals surface area contributed by atoms with Crippen LogP contribution in [0, 0.1) is 5.82 Å². The van der Waals surface area contributed by atoms with Gasteiger partial charge in [-0.2, -0.15) is 0 Å². The van der Waals surface area contributed by atoms with E-state index in [0.29, 0.717) is 6.54 Å². The molecule has 21 heavy (non-hydrogen) atoms. The third-order valence-electron chi connectivity index (χ3n) is 3.45. The molecule has 1 amide bonds. The van der Waals surface area contributed by atoms with Crippen molar-refractivity contribution in [2.75, 3.05) is 26.2 Å². The van der Waals surface area contributed by atoms with Gasteiger partial charge >= 0.3 is 0 Å². The summed E-state index contributed by atoms with van der Waals surface area (Å²) < 4.78 is 13.4. The second-order valence-electron chi connectivity index (χ2n) is 6.54. The van der Waals surface area contributed by atoms with Gasteiger partial charge in [-0.1, -0.05) is 12.1 Å². The van der Waals surface area contributed by atoms with Crippen LogP contribution in [0.4, 0.5) is 4.39 Å². The number of rotatable bonds is 3. The summed E-state index contributed by atoms with van der Waals surface area (Å²) >= 11 is 0. The second-order valence-corrected chi connectivity index (χ2v) is 6.54. The number of benzene rings is 1. The molecular formula is C16H24FN3O. The molecule has 116 valence electrons. The molecule has 0 aliphatic carbocycles. The van der Waals surface area contributed by atoms with E-state index in [2.05, 4.69) is 15.5 Å². The summed E-state index contributed by atoms with van der Waals surface area (Å²) in [7, 11) is 0. The lowest BCUT2D eigenvalue weighted by molar-refractivity contribution is -0.124. The Morgan fingerprint density at radius 3 is 2.90 bits per heavy atom. The predicted octanol–water partition coefficient (Wildman–Crippen LogP) is 1.69. The minimum atomic E-state index is -0.239. The molecule has 1 aromatic rings. The Morgan fingerprint density at radius 1 is 1.48 bits per heavy atom. The fourth-order valence-corrected chi connectivity index (χ4v) is 2.62. The highest BCUT2D eigenvalue weighted by atomic mass is 19.1. The summed E-state index contributed by atoms with van der Waals surface area (Å²) in [6.07, 6.45) is 0. The summed E-state index contributed by atoms with van der Waals surface area (Å²) in [5.74, 6) is -0.233. The summed E-state index contributed by atoms with van der Waals surface area (Å²) in [6.45, 7) is 8.58. The van der Waals surface area contributed by atoms with Crippen molar-refractivity contribution in [3.8, 4) is 0 Å². The third kappa shape index (κ3) is 4.79. The van der Waals surface area contributed by atoms with Crippen LogP contribution in [0.25, 0.3) is 0 Å². The minimum Gasteiger partial charge on any atom is -0.350 e. The summed E-state index contributed by atoms with van der Waals surface area (Å²) in [5.41, 5.74) is 0.671. The van der Waals surface area contributed by atoms with E-state index in [1.807, 2.05) is 26.8 Å². The van der Waals surface area contributed by atoms with Crippen molar-refractivity contribution in [2.24, 2.45) is 0 Å². The molecule has 1 saturated heterocycles. The quantitative estimate of drug-likeness (QED) is 0.891. The van der Waals surface area contributed by atoms with Crippen molar-refractivity contribution < 1.29 is 9.18 Å². The molecule has 0 aromatic heterocycles. The number of nitrogens with one attached hydrogen (secondary N) is 2. The lowest BCUT2D eigenvalue weighted by Crippen LogP contribution is -2.51. The van der Waals surface area contributed by atoms with Crippen LogP contribution in [0.2, 0.25) is 0 Å². The lowest BCUT2D eigenvalue weighted by atomic mass is 10.0. The molecule has 1 aliphatic heterocycles. The Bertz CT molecular complexity index is 499. The topological polar surface area (TPSA) is 44.4 Å². The van der Waals surface area contributed by atoms with Crippen LogP contribution >= 0.6 is 0 Å². The first-order valence-electron chi connectivity index (χ1n) is 7.36. The molecule has 0 saturated carbocycles. The van der Waals surface area contributed by atoms with Crippen LogP contribution < -0.4 is 10.6 Å². The standard InChI is InChI=1S/C16H24FN3O/c1-16(2,3)19-15(21)11-20-8-7-18-10-14(20)12-5-4-6-13(17)9-12/h4-6,9,14,18H,7-8,10-11H2,1-3H3,(H,19,21). The van der Waals surface area contributed by atoms with Crippen LogP contribution in [0.3, 0.4) is 0 Å². The van der Waals surface area contributed by atoms with Gasteiger partial charge in [0.2, 0.25) is 5.91 Å². The summed E-state index contributed by atoms with van der Waals surface area (Å²) in [4.78, 5) is 14.2. The highest BCUT2D eigenvalue weighted by Crippen LogP contribution is 2.22. The maximum absolute atomic E-state index is 13.4. The van der Waals surface area contributed by atoms with Crippen LogP contribution in [-0.4, -0.2) is 42.5 Å². The van der Waals surface area contributed by atoms with E-state index >= 15 is 0 Å². The van der Waals surface area contributed by atoms with E-state index < -0.39 is 0 Å². The maximum Gasteiger partial charge on any atom is 0.234 e. The van der Waals surface area contributed by atoms with Crippen molar-refractivity contribution in [1.82, 2.24) is 15.5 Å². The molecule has 5 heteroatoms. The molecule has 1 aliphatic rings. The van der Waals surface area contributed by atoms with Gasteiger partial charge in [0, 0.05) is 31.2 Å². The molecule has 2 N–H and O–H groups in total. The molecule has 1 aromatic carbocycles. The van der Waals surface area contributed by atoms with Crippen molar-refractivity contribution in [2.45, 2.75) is 32.4 Å². The number of amides is 1. The summed E-state index contributed by atoms with van der Waals surface area (Å²) in [6, 6.07) is 6.64. The molecular weight excluding hydrogens is 269 g/mol. The molecule has 0 spiro atoms. The zero-order valence-corrected chi connectivity index (χ0v) is 12.9. The van der Waals surface area contributed by atoms with Gasteiger partial charge in [-0.15, -0.1) is 0 Å². The first-order chi connectivity index (χ1) is 9.85. The molecule has 0 radical (unpaired) electrons. The Hall–Kier alpha value is -1.46. The van der Waals surface area contributed by atoms with Crippen LogP contribution in [-0.2, 0) is 4.79 Å². The van der Waals surface area contributed by atoms with Gasteiger partial charge in [-0.25, -0.2) is 4.39 Å². The monoisotopic (exact) mass is 293 g/mol. The van der Waals surface area contributed by atoms with Gasteiger partial charge in [0.15, 0.2) is 0 Å². The number of piperazine rings is 1. The van der Waals surface area contributed by atoms with E-state index in [4.69, 9.17) is 0 Å². The first-order valence-corrected chi connectivity index (χ1v) is 7.36. The number of hydrogen-bond acceptors (Lipinski definition) is 3. The minimum absolute atomic E-state index is 0.00537. The number of carbonyl (C=O) groups is 1. The smallest absolute Gasteiger partial charge is 0.234 e. The first kappa shape index (κ1) is 15.9. The molecule has 1 fully saturated rings. The molecule has 1 unspecified atom stereocenters. The normalized spacial score (nSPS) is 20.3. The Balaban J connectivity index is 2.07. The lowest BCUT2D eigenvalue weighted by Gasteiger charge is -2.36. The van der Waals surface area contributed by atoms with E-state index in [0.717, 1.165) is 25.2 Å². The Morgan fingerprint density at radius 2 is 2.24 bits per heavy atom. The number of hydrogen-bond donors (Lipinski definition) is 2. The molecule has 2 rings (SSSR count). The van der Waals surface area contributed by atoms with Crippen molar-refractivity contribution in [1.29, 1.82) is 0 Å². The molecule has 0 bridgehead atoms. The van der Waals surface area contributed by atoms with Gasteiger partial charge in [0.1, 0.15) is 5.82 Å². The van der Waals surface area contributed by atoms with Gasteiger partial charge in [0.25, 0.3) is 0 Å². The average Bonchev–Trinajstić information content (AvgIpc) is 2.37. The second kappa shape index (κ2) is 6.54. The fraction of sp³-hybridized carbons (Fsp3) is 0.562. The number of carbonyl (C=O) groups excluding carboxylic acids is 1. The van der Waals surface area contributed by atoms with Crippen molar-refractivity contribution in [3.63, 3.8) is 0 Å². The van der Waals surface area contributed by atoms with Crippen LogP contribution in [0.1, 0.15) is 32.4 Å². The molecule has 4 nitrogen and oxygen atoms in total. The number of halogens is 1. The number of nitrogens with zero attached hydrogens (tertiary/aromatic N) is 1. The summed E-state index contributed by atoms with van der Waals surface area (Å²) in [5, 5.41) is 6.28. The average molecular weight is 293 g/mol. The van der Waals surface area contributed by atoms with Crippen molar-refractivity contribution in [3.05, 3.63) is 35.6 Å². The highest BCUT2D eigenvalue weighted by molar-refractivity contribution is 5.78. The SMILES string of the molecule is CC(C)(C)NC(=O)CN1CCNCC1c1cccc(F)c1. The highest BCUT2D eigenvalue weighted by Gasteiger charge is 2.26. The van der Waals surface area contributed by atoms with E-state index in [1.54, 1.807) is 12.1 Å². The Labute approximate surface area is 125 Å². The third-order valence-corrected chi connectivity index (χ3v) is 3.45. The molecule has 1 atom stereocenters. The molecule has 1 heterocycles. The maximum atomic E-state index is 13.4. The van der Waals surface area contributed by atoms with E-state index in [9.17, 15) is 9.18 Å². The Kier molecular flexibility index (Phi) is 4.96. The van der Waals surface area contributed by atoms with Gasteiger partial charge < -0.3 is 10.6 Å². The van der Waals surface area contributed by atoms with Crippen LogP contribution in [0.15, 0.2) is 24.3 Å². The van der Waals surface area contributed by atoms with Crippen molar-refractivity contribution >= 4 is 5.91 Å². The van der Waals surface area contributed by atoms with E-state index in [-0.39, 0.29) is 23.3 Å². The van der Waals surface area contributed by atoms with Gasteiger partial charge in [-0.3, -0.25) is 9.69 Å². The van der Waals surface area contributed by atoms with Gasteiger partial charge in [-0.05, 0) is 38.5 Å². The predicted molar refractivity (Wildman–Crippen MR) is 81.5 cm³/mol. The fourth-order valence-electron chi connectivity index (χ4n) is 2.62.